The molecular formula is C13H16N2O3. The predicted molar refractivity (Wildman–Crippen MR) is 69.4 cm³/mol. The van der Waals surface area contributed by atoms with Crippen LogP contribution in [0.15, 0.2) is 18.2 Å². The first-order chi connectivity index (χ1) is 8.69. The highest BCUT2D eigenvalue weighted by Gasteiger charge is 2.15. The lowest BCUT2D eigenvalue weighted by Gasteiger charge is -2.08. The van der Waals surface area contributed by atoms with Crippen molar-refractivity contribution >= 4 is 5.69 Å². The van der Waals surface area contributed by atoms with Crippen LogP contribution in [0.25, 0.3) is 0 Å². The van der Waals surface area contributed by atoms with Crippen molar-refractivity contribution in [2.45, 2.75) is 19.4 Å². The second-order valence-electron chi connectivity index (χ2n) is 3.75. The Bertz CT molecular complexity index is 452. The number of nitro benzene ring substituents is 1. The van der Waals surface area contributed by atoms with E-state index in [-0.39, 0.29) is 5.69 Å². The van der Waals surface area contributed by atoms with E-state index in [0.29, 0.717) is 31.7 Å². The summed E-state index contributed by atoms with van der Waals surface area (Å²) in [5, 5.41) is 13.8. The highest BCUT2D eigenvalue weighted by molar-refractivity contribution is 5.48. The molecule has 0 aliphatic heterocycles. The second-order valence-corrected chi connectivity index (χ2v) is 3.75. The van der Waals surface area contributed by atoms with Crippen LogP contribution < -0.4 is 10.1 Å². The Hall–Kier alpha value is -2.06. The van der Waals surface area contributed by atoms with E-state index >= 15 is 0 Å². The summed E-state index contributed by atoms with van der Waals surface area (Å²) < 4.78 is 5.42. The molecule has 0 saturated heterocycles. The van der Waals surface area contributed by atoms with Crippen molar-refractivity contribution < 1.29 is 9.66 Å². The average Bonchev–Trinajstić information content (AvgIpc) is 2.35. The maximum Gasteiger partial charge on any atom is 0.310 e. The van der Waals surface area contributed by atoms with Crippen molar-refractivity contribution in [1.29, 1.82) is 0 Å². The van der Waals surface area contributed by atoms with E-state index < -0.39 is 4.92 Å². The van der Waals surface area contributed by atoms with Crippen LogP contribution in [0.2, 0.25) is 0 Å². The van der Waals surface area contributed by atoms with Gasteiger partial charge in [0, 0.05) is 19.0 Å². The summed E-state index contributed by atoms with van der Waals surface area (Å²) in [7, 11) is 1.81. The molecule has 0 amide bonds. The van der Waals surface area contributed by atoms with E-state index in [2.05, 4.69) is 11.2 Å². The molecule has 1 aromatic rings. The minimum Gasteiger partial charge on any atom is -0.487 e. The Morgan fingerprint density at radius 2 is 2.33 bits per heavy atom. The summed E-state index contributed by atoms with van der Waals surface area (Å²) in [6.45, 7) is 1.02. The molecule has 0 aromatic heterocycles. The highest BCUT2D eigenvalue weighted by atomic mass is 16.6. The first kappa shape index (κ1) is 14.0. The molecule has 96 valence electrons. The Balaban J connectivity index is 2.79. The van der Waals surface area contributed by atoms with Gasteiger partial charge >= 0.3 is 5.69 Å². The zero-order chi connectivity index (χ0) is 13.4. The molecule has 0 unspecified atom stereocenters. The van der Waals surface area contributed by atoms with Crippen molar-refractivity contribution in [3.63, 3.8) is 0 Å². The summed E-state index contributed by atoms with van der Waals surface area (Å²) in [5.41, 5.74) is 0.922. The maximum absolute atomic E-state index is 10.9. The number of ether oxygens (including phenoxy) is 1. The highest BCUT2D eigenvalue weighted by Crippen LogP contribution is 2.28. The normalized spacial score (nSPS) is 9.78. The van der Waals surface area contributed by atoms with Crippen LogP contribution in [0.1, 0.15) is 18.4 Å². The summed E-state index contributed by atoms with van der Waals surface area (Å²) in [6.07, 6.45) is 6.41. The number of nitrogens with zero attached hydrogens (tertiary/aromatic N) is 1. The van der Waals surface area contributed by atoms with Gasteiger partial charge in [0.05, 0.1) is 11.5 Å². The standard InChI is InChI=1S/C13H16N2O3/c1-3-4-5-8-18-13-9-11(10-14-2)6-7-12(13)15(16)17/h1,6-7,9,14H,4-5,8,10H2,2H3. The monoisotopic (exact) mass is 248 g/mol. The van der Waals surface area contributed by atoms with Crippen LogP contribution in [0.5, 0.6) is 5.75 Å². The molecule has 0 atom stereocenters. The molecule has 0 fully saturated rings. The molecule has 5 heteroatoms. The fourth-order valence-electron chi connectivity index (χ4n) is 1.50. The minimum atomic E-state index is -0.445. The van der Waals surface area contributed by atoms with Gasteiger partial charge in [-0.05, 0) is 25.1 Å². The van der Waals surface area contributed by atoms with Gasteiger partial charge in [0.2, 0.25) is 0 Å². The molecule has 0 radical (unpaired) electrons. The van der Waals surface area contributed by atoms with Crippen LogP contribution in [0.3, 0.4) is 0 Å². The van der Waals surface area contributed by atoms with Gasteiger partial charge in [-0.15, -0.1) is 12.3 Å². The van der Waals surface area contributed by atoms with Gasteiger partial charge < -0.3 is 10.1 Å². The molecule has 18 heavy (non-hydrogen) atoms. The van der Waals surface area contributed by atoms with E-state index in [0.717, 1.165) is 5.56 Å². The molecule has 1 rings (SSSR count). The quantitative estimate of drug-likeness (QED) is 0.347. The number of nitro groups is 1. The van der Waals surface area contributed by atoms with Crippen LogP contribution in [0.4, 0.5) is 5.69 Å². The van der Waals surface area contributed by atoms with Crippen LogP contribution in [-0.2, 0) is 6.54 Å². The Labute approximate surface area is 106 Å². The number of hydrogen-bond donors (Lipinski definition) is 1. The van der Waals surface area contributed by atoms with Crippen molar-refractivity contribution in [2.24, 2.45) is 0 Å². The lowest BCUT2D eigenvalue weighted by atomic mass is 10.2. The van der Waals surface area contributed by atoms with Gasteiger partial charge in [0.15, 0.2) is 5.75 Å². The number of benzene rings is 1. The molecule has 1 N–H and O–H groups in total. The summed E-state index contributed by atoms with van der Waals surface area (Å²) in [5.74, 6) is 2.80. The van der Waals surface area contributed by atoms with Crippen LogP contribution in [-0.4, -0.2) is 18.6 Å². The molecule has 0 bridgehead atoms. The molecule has 0 heterocycles. The van der Waals surface area contributed by atoms with Gasteiger partial charge in [0.1, 0.15) is 0 Å². The second kappa shape index (κ2) is 7.30. The molecule has 0 saturated carbocycles. The fraction of sp³-hybridized carbons (Fsp3) is 0.385. The third kappa shape index (κ3) is 4.07. The van der Waals surface area contributed by atoms with Gasteiger partial charge in [-0.3, -0.25) is 10.1 Å². The third-order valence-corrected chi connectivity index (χ3v) is 2.32. The smallest absolute Gasteiger partial charge is 0.310 e. The summed E-state index contributed by atoms with van der Waals surface area (Å²) in [4.78, 5) is 10.4. The first-order valence-corrected chi connectivity index (χ1v) is 5.67. The van der Waals surface area contributed by atoms with E-state index in [4.69, 9.17) is 11.2 Å². The van der Waals surface area contributed by atoms with Crippen molar-refractivity contribution in [1.82, 2.24) is 5.32 Å². The number of rotatable bonds is 7. The molecule has 0 spiro atoms. The summed E-state index contributed by atoms with van der Waals surface area (Å²) in [6, 6.07) is 4.86. The summed E-state index contributed by atoms with van der Waals surface area (Å²) >= 11 is 0. The number of terminal acetylenes is 1. The third-order valence-electron chi connectivity index (χ3n) is 2.32. The number of hydrogen-bond acceptors (Lipinski definition) is 4. The van der Waals surface area contributed by atoms with Crippen LogP contribution in [0, 0.1) is 22.5 Å². The lowest BCUT2D eigenvalue weighted by Crippen LogP contribution is -2.06. The topological polar surface area (TPSA) is 64.4 Å². The minimum absolute atomic E-state index is 0.0180. The number of nitrogens with one attached hydrogen (secondary N) is 1. The zero-order valence-corrected chi connectivity index (χ0v) is 10.3. The predicted octanol–water partition coefficient (Wildman–Crippen LogP) is 2.11. The number of unbranched alkanes of at least 4 members (excludes halogenated alkanes) is 1. The zero-order valence-electron chi connectivity index (χ0n) is 10.3. The Morgan fingerprint density at radius 3 is 2.94 bits per heavy atom. The van der Waals surface area contributed by atoms with Crippen molar-refractivity contribution in [3.8, 4) is 18.1 Å². The Kier molecular flexibility index (Phi) is 5.68. The van der Waals surface area contributed by atoms with Crippen molar-refractivity contribution in [2.75, 3.05) is 13.7 Å². The largest absolute Gasteiger partial charge is 0.487 e. The molecule has 0 aliphatic rings. The van der Waals surface area contributed by atoms with Gasteiger partial charge in [-0.1, -0.05) is 6.07 Å². The molecular weight excluding hydrogens is 232 g/mol. The van der Waals surface area contributed by atoms with Crippen molar-refractivity contribution in [3.05, 3.63) is 33.9 Å². The molecule has 1 aromatic carbocycles. The Morgan fingerprint density at radius 1 is 1.56 bits per heavy atom. The SMILES string of the molecule is C#CCCCOc1cc(CNC)ccc1[N+](=O)[O-]. The van der Waals surface area contributed by atoms with Gasteiger partial charge in [-0.2, -0.15) is 0 Å². The van der Waals surface area contributed by atoms with E-state index in [9.17, 15) is 10.1 Å². The first-order valence-electron chi connectivity index (χ1n) is 5.67. The van der Waals surface area contributed by atoms with Gasteiger partial charge in [0.25, 0.3) is 0 Å². The van der Waals surface area contributed by atoms with E-state index in [1.54, 1.807) is 12.1 Å². The van der Waals surface area contributed by atoms with Crippen LogP contribution >= 0.6 is 0 Å². The fourth-order valence-corrected chi connectivity index (χ4v) is 1.50. The molecule has 5 nitrogen and oxygen atoms in total. The van der Waals surface area contributed by atoms with E-state index in [1.807, 2.05) is 7.05 Å². The van der Waals surface area contributed by atoms with Gasteiger partial charge in [-0.25, -0.2) is 0 Å². The average molecular weight is 248 g/mol. The van der Waals surface area contributed by atoms with E-state index in [1.165, 1.54) is 6.07 Å². The molecule has 0 aliphatic carbocycles. The lowest BCUT2D eigenvalue weighted by molar-refractivity contribution is -0.385. The maximum atomic E-state index is 10.9.